The monoisotopic (exact) mass is 631 g/mol. The molecule has 12 heteroatoms. The molecular weight excluding hydrogens is 609 g/mol. The number of halogens is 3. The number of hydrogen-bond acceptors (Lipinski definition) is 8. The Kier molecular flexibility index (Phi) is 10.0. The number of pyridine rings is 1. The first-order valence-electron chi connectivity index (χ1n) is 12.9. The summed E-state index contributed by atoms with van der Waals surface area (Å²) < 4.78 is 5.79. The van der Waals surface area contributed by atoms with E-state index in [0.29, 0.717) is 40.2 Å². The zero-order valence-electron chi connectivity index (χ0n) is 22.5. The van der Waals surface area contributed by atoms with Crippen LogP contribution in [0, 0.1) is 0 Å². The summed E-state index contributed by atoms with van der Waals surface area (Å²) in [5.41, 5.74) is 4.14. The summed E-state index contributed by atoms with van der Waals surface area (Å²) in [6.45, 7) is 0.343. The average molecular weight is 633 g/mol. The molecule has 6 rings (SSSR count). The number of nitrogens with one attached hydrogen (secondary N) is 3. The molecular formula is C31H24Cl3N7O2. The van der Waals surface area contributed by atoms with E-state index in [2.05, 4.69) is 35.6 Å². The topological polar surface area (TPSA) is 118 Å². The number of fused-ring (bicyclic) bond motifs is 1. The lowest BCUT2D eigenvalue weighted by atomic mass is 10.2. The summed E-state index contributed by atoms with van der Waals surface area (Å²) in [5.74, 6) is 2.16. The number of hydrogen-bond donors (Lipinski definition) is 3. The smallest absolute Gasteiger partial charge is 0.248 e. The van der Waals surface area contributed by atoms with Crippen molar-refractivity contribution in [2.45, 2.75) is 12.5 Å². The Bertz CT molecular complexity index is 1830. The fraction of sp³-hybridized carbons (Fsp3) is 0.0645. The molecule has 216 valence electrons. The summed E-state index contributed by atoms with van der Waals surface area (Å²) in [4.78, 5) is 30.9. The summed E-state index contributed by atoms with van der Waals surface area (Å²) in [6.07, 6.45) is 6.81. The standard InChI is InChI=1S/C20H15ClN4O2.C11H9Cl2N3/c21-15-2-4-16(5-3-15)24-20-22-10-13(11-23-20)12-27-17-6-7-18-14(9-17)1-8-19(26)25-18;12-5-8-6-14-11(15-7-8)16-10-3-1-9(13)2-4-10/h1-11H,12H2,(H,25,26)(H,22,23,24);1-4,6-7H,5H2,(H,14,15,16). The molecule has 0 aliphatic rings. The van der Waals surface area contributed by atoms with Crippen molar-refractivity contribution in [3.63, 3.8) is 0 Å². The van der Waals surface area contributed by atoms with Crippen LogP contribution in [0.1, 0.15) is 11.1 Å². The van der Waals surface area contributed by atoms with Gasteiger partial charge >= 0.3 is 0 Å². The number of aromatic amines is 1. The Morgan fingerprint density at radius 3 is 1.74 bits per heavy atom. The van der Waals surface area contributed by atoms with E-state index in [0.717, 1.165) is 33.4 Å². The number of anilines is 4. The largest absolute Gasteiger partial charge is 0.489 e. The molecule has 9 nitrogen and oxygen atoms in total. The van der Waals surface area contributed by atoms with E-state index in [1.165, 1.54) is 6.07 Å². The van der Waals surface area contributed by atoms with Crippen LogP contribution >= 0.6 is 34.8 Å². The number of aromatic nitrogens is 5. The van der Waals surface area contributed by atoms with Gasteiger partial charge in [0.25, 0.3) is 0 Å². The van der Waals surface area contributed by atoms with Gasteiger partial charge in [0, 0.05) is 74.3 Å². The molecule has 3 heterocycles. The SMILES string of the molecule is ClCc1cnc(Nc2ccc(Cl)cc2)nc1.O=c1ccc2cc(OCc3cnc(Nc4ccc(Cl)cc4)nc3)ccc2[nH]1. The summed E-state index contributed by atoms with van der Waals surface area (Å²) in [6, 6.07) is 23.4. The molecule has 0 unspecified atom stereocenters. The van der Waals surface area contributed by atoms with Crippen LogP contribution in [0.5, 0.6) is 5.75 Å². The molecule has 0 spiro atoms. The maximum absolute atomic E-state index is 11.3. The Labute approximate surface area is 261 Å². The maximum atomic E-state index is 11.3. The Morgan fingerprint density at radius 2 is 1.21 bits per heavy atom. The number of ether oxygens (including phenoxy) is 1. The van der Waals surface area contributed by atoms with Crippen molar-refractivity contribution in [3.8, 4) is 5.75 Å². The van der Waals surface area contributed by atoms with Crippen LogP contribution in [0.25, 0.3) is 10.9 Å². The van der Waals surface area contributed by atoms with E-state index in [4.69, 9.17) is 39.5 Å². The van der Waals surface area contributed by atoms with E-state index in [1.54, 1.807) is 55.1 Å². The first-order valence-corrected chi connectivity index (χ1v) is 14.2. The molecule has 43 heavy (non-hydrogen) atoms. The molecule has 3 aromatic heterocycles. The maximum Gasteiger partial charge on any atom is 0.248 e. The van der Waals surface area contributed by atoms with Gasteiger partial charge in [0.05, 0.1) is 5.88 Å². The van der Waals surface area contributed by atoms with Gasteiger partial charge in [-0.25, -0.2) is 19.9 Å². The lowest BCUT2D eigenvalue weighted by molar-refractivity contribution is 0.305. The fourth-order valence-corrected chi connectivity index (χ4v) is 4.09. The van der Waals surface area contributed by atoms with E-state index in [-0.39, 0.29) is 5.56 Å². The molecule has 0 aliphatic heterocycles. The molecule has 3 N–H and O–H groups in total. The van der Waals surface area contributed by atoms with Crippen molar-refractivity contribution in [1.29, 1.82) is 0 Å². The summed E-state index contributed by atoms with van der Waals surface area (Å²) >= 11 is 17.3. The summed E-state index contributed by atoms with van der Waals surface area (Å²) in [7, 11) is 0. The van der Waals surface area contributed by atoms with E-state index >= 15 is 0 Å². The lowest BCUT2D eigenvalue weighted by Gasteiger charge is -2.08. The summed E-state index contributed by atoms with van der Waals surface area (Å²) in [5, 5.41) is 8.45. The minimum Gasteiger partial charge on any atom is -0.489 e. The third-order valence-corrected chi connectivity index (χ3v) is 6.68. The highest BCUT2D eigenvalue weighted by atomic mass is 35.5. The van der Waals surface area contributed by atoms with Crippen LogP contribution in [-0.4, -0.2) is 24.9 Å². The molecule has 0 aliphatic carbocycles. The molecule has 6 aromatic rings. The van der Waals surface area contributed by atoms with E-state index in [9.17, 15) is 4.79 Å². The third kappa shape index (κ3) is 8.89. The van der Waals surface area contributed by atoms with Crippen molar-refractivity contribution >= 4 is 69.0 Å². The van der Waals surface area contributed by atoms with E-state index < -0.39 is 0 Å². The van der Waals surface area contributed by atoms with Crippen LogP contribution in [-0.2, 0) is 12.5 Å². The second kappa shape index (κ2) is 14.5. The Morgan fingerprint density at radius 1 is 0.674 bits per heavy atom. The van der Waals surface area contributed by atoms with Crippen molar-refractivity contribution in [2.24, 2.45) is 0 Å². The molecule has 3 aromatic carbocycles. The normalized spacial score (nSPS) is 10.5. The second-order valence-electron chi connectivity index (χ2n) is 9.09. The minimum atomic E-state index is -0.124. The van der Waals surface area contributed by atoms with Crippen LogP contribution in [0.3, 0.4) is 0 Å². The highest BCUT2D eigenvalue weighted by Gasteiger charge is 2.03. The van der Waals surface area contributed by atoms with Crippen molar-refractivity contribution in [2.75, 3.05) is 10.6 Å². The van der Waals surface area contributed by atoms with Crippen LogP contribution in [0.2, 0.25) is 10.0 Å². The van der Waals surface area contributed by atoms with Gasteiger partial charge in [-0.1, -0.05) is 23.2 Å². The lowest BCUT2D eigenvalue weighted by Crippen LogP contribution is -2.03. The molecule has 0 radical (unpaired) electrons. The zero-order valence-corrected chi connectivity index (χ0v) is 24.7. The van der Waals surface area contributed by atoms with Gasteiger partial charge in [0.15, 0.2) is 0 Å². The quantitative estimate of drug-likeness (QED) is 0.145. The molecule has 0 bridgehead atoms. The first kappa shape index (κ1) is 29.8. The fourth-order valence-electron chi connectivity index (χ4n) is 3.70. The van der Waals surface area contributed by atoms with Crippen molar-refractivity contribution in [1.82, 2.24) is 24.9 Å². The van der Waals surface area contributed by atoms with Gasteiger partial charge in [-0.15, -0.1) is 11.6 Å². The molecule has 0 amide bonds. The predicted molar refractivity (Wildman–Crippen MR) is 172 cm³/mol. The molecule has 0 fully saturated rings. The Hall–Kier alpha value is -4.70. The number of rotatable bonds is 8. The van der Waals surface area contributed by atoms with Crippen LogP contribution in [0.15, 0.2) is 108 Å². The molecule has 0 atom stereocenters. The van der Waals surface area contributed by atoms with Gasteiger partial charge in [-0.05, 0) is 72.8 Å². The van der Waals surface area contributed by atoms with Gasteiger partial charge < -0.3 is 20.4 Å². The third-order valence-electron chi connectivity index (χ3n) is 5.87. The van der Waals surface area contributed by atoms with Crippen LogP contribution < -0.4 is 20.9 Å². The van der Waals surface area contributed by atoms with Gasteiger partial charge in [-0.2, -0.15) is 0 Å². The minimum absolute atomic E-state index is 0.124. The number of alkyl halides is 1. The van der Waals surface area contributed by atoms with Crippen molar-refractivity contribution < 1.29 is 4.74 Å². The highest BCUT2D eigenvalue weighted by molar-refractivity contribution is 6.30. The van der Waals surface area contributed by atoms with Crippen molar-refractivity contribution in [3.05, 3.63) is 135 Å². The molecule has 0 saturated carbocycles. The zero-order chi connectivity index (χ0) is 30.0. The second-order valence-corrected chi connectivity index (χ2v) is 10.2. The average Bonchev–Trinajstić information content (AvgIpc) is 3.03. The Balaban J connectivity index is 0.000000196. The number of nitrogens with zero attached hydrogens (tertiary/aromatic N) is 4. The van der Waals surface area contributed by atoms with Gasteiger partial charge in [0.1, 0.15) is 12.4 Å². The first-order chi connectivity index (χ1) is 20.9. The number of benzene rings is 3. The van der Waals surface area contributed by atoms with E-state index in [1.807, 2.05) is 42.5 Å². The molecule has 0 saturated heterocycles. The van der Waals surface area contributed by atoms with Crippen LogP contribution in [0.4, 0.5) is 23.3 Å². The predicted octanol–water partition coefficient (Wildman–Crippen LogP) is 7.91. The number of H-pyrrole nitrogens is 1. The van der Waals surface area contributed by atoms with Gasteiger partial charge in [0.2, 0.25) is 17.5 Å². The highest BCUT2D eigenvalue weighted by Crippen LogP contribution is 2.20. The van der Waals surface area contributed by atoms with Gasteiger partial charge in [-0.3, -0.25) is 4.79 Å².